The molecule has 1 amide bonds. The summed E-state index contributed by atoms with van der Waals surface area (Å²) in [5, 5.41) is 3.66. The van der Waals surface area contributed by atoms with Gasteiger partial charge in [0.25, 0.3) is 5.91 Å². The molecule has 1 N–H and O–H groups in total. The van der Waals surface area contributed by atoms with Gasteiger partial charge < -0.3 is 9.73 Å². The van der Waals surface area contributed by atoms with Crippen LogP contribution in [0.4, 0.5) is 10.1 Å². The van der Waals surface area contributed by atoms with Crippen LogP contribution in [0.2, 0.25) is 5.02 Å². The standard InChI is InChI=1S/C20H12ClFN2O2S/c21-15-3-1-2-4-16(15)23-20-24-19(25)18(27-20)11-14-9-10-17(26-14)12-5-7-13(22)8-6-12/h1-11H,(H,23,24,25)/b18-11-. The minimum absolute atomic E-state index is 0.259. The van der Waals surface area contributed by atoms with Crippen LogP contribution in [0, 0.1) is 5.82 Å². The number of amidine groups is 1. The van der Waals surface area contributed by atoms with Crippen LogP contribution in [-0.4, -0.2) is 11.1 Å². The number of nitrogens with one attached hydrogen (secondary N) is 1. The Balaban J connectivity index is 1.55. The molecular weight excluding hydrogens is 387 g/mol. The molecule has 0 atom stereocenters. The molecule has 0 spiro atoms. The quantitative estimate of drug-likeness (QED) is 0.581. The first-order valence-electron chi connectivity index (χ1n) is 7.98. The average molecular weight is 399 g/mol. The molecule has 0 aliphatic carbocycles. The van der Waals surface area contributed by atoms with Crippen molar-refractivity contribution in [3.8, 4) is 11.3 Å². The van der Waals surface area contributed by atoms with Gasteiger partial charge in [-0.3, -0.25) is 4.79 Å². The van der Waals surface area contributed by atoms with Gasteiger partial charge in [0.05, 0.1) is 15.6 Å². The van der Waals surface area contributed by atoms with Gasteiger partial charge in [-0.1, -0.05) is 23.7 Å². The number of hydrogen-bond acceptors (Lipinski definition) is 4. The van der Waals surface area contributed by atoms with Crippen LogP contribution in [0.25, 0.3) is 17.4 Å². The van der Waals surface area contributed by atoms with Gasteiger partial charge in [-0.2, -0.15) is 0 Å². The Labute approximate surface area is 163 Å². The minimum atomic E-state index is -0.308. The van der Waals surface area contributed by atoms with E-state index in [1.807, 2.05) is 12.1 Å². The summed E-state index contributed by atoms with van der Waals surface area (Å²) >= 11 is 7.30. The van der Waals surface area contributed by atoms with Gasteiger partial charge in [-0.05, 0) is 60.3 Å². The monoisotopic (exact) mass is 398 g/mol. The SMILES string of the molecule is O=C1NC(=Nc2ccccc2Cl)S/C1=C\c1ccc(-c2ccc(F)cc2)o1. The van der Waals surface area contributed by atoms with Crippen molar-refractivity contribution in [3.63, 3.8) is 0 Å². The summed E-state index contributed by atoms with van der Waals surface area (Å²) in [7, 11) is 0. The second kappa shape index (κ2) is 7.42. The fourth-order valence-corrected chi connectivity index (χ4v) is 3.45. The van der Waals surface area contributed by atoms with Crippen molar-refractivity contribution in [1.82, 2.24) is 5.32 Å². The lowest BCUT2D eigenvalue weighted by molar-refractivity contribution is -0.115. The Bertz CT molecular complexity index is 1070. The van der Waals surface area contributed by atoms with E-state index in [0.29, 0.717) is 32.3 Å². The van der Waals surface area contributed by atoms with Crippen molar-refractivity contribution in [1.29, 1.82) is 0 Å². The second-order valence-electron chi connectivity index (χ2n) is 5.64. The zero-order chi connectivity index (χ0) is 18.8. The Kier molecular flexibility index (Phi) is 4.83. The number of thioether (sulfide) groups is 1. The van der Waals surface area contributed by atoms with E-state index in [1.165, 1.54) is 23.9 Å². The lowest BCUT2D eigenvalue weighted by Crippen LogP contribution is -2.19. The first-order valence-corrected chi connectivity index (χ1v) is 9.18. The van der Waals surface area contributed by atoms with Crippen LogP contribution in [-0.2, 0) is 4.79 Å². The highest BCUT2D eigenvalue weighted by molar-refractivity contribution is 8.18. The number of benzene rings is 2. The third-order valence-corrected chi connectivity index (χ3v) is 4.98. The van der Waals surface area contributed by atoms with Crippen molar-refractivity contribution in [2.75, 3.05) is 0 Å². The van der Waals surface area contributed by atoms with Crippen molar-refractivity contribution < 1.29 is 13.6 Å². The van der Waals surface area contributed by atoms with Gasteiger partial charge in [0.15, 0.2) is 5.17 Å². The smallest absolute Gasteiger partial charge is 0.264 e. The molecule has 3 aromatic rings. The van der Waals surface area contributed by atoms with E-state index in [-0.39, 0.29) is 11.7 Å². The van der Waals surface area contributed by atoms with E-state index < -0.39 is 0 Å². The summed E-state index contributed by atoms with van der Waals surface area (Å²) in [6.07, 6.45) is 1.64. The third kappa shape index (κ3) is 3.97. The number of para-hydroxylation sites is 1. The first kappa shape index (κ1) is 17.6. The summed E-state index contributed by atoms with van der Waals surface area (Å²) in [6, 6.07) is 16.7. The van der Waals surface area contributed by atoms with Crippen molar-refractivity contribution >= 4 is 46.2 Å². The Morgan fingerprint density at radius 2 is 1.85 bits per heavy atom. The van der Waals surface area contributed by atoms with Crippen molar-refractivity contribution in [3.05, 3.63) is 82.2 Å². The molecule has 2 aromatic carbocycles. The van der Waals surface area contributed by atoms with Gasteiger partial charge in [-0.15, -0.1) is 0 Å². The van der Waals surface area contributed by atoms with Crippen LogP contribution in [0.15, 0.2) is 75.0 Å². The molecule has 4 nitrogen and oxygen atoms in total. The topological polar surface area (TPSA) is 54.6 Å². The normalized spacial score (nSPS) is 16.9. The highest BCUT2D eigenvalue weighted by atomic mass is 35.5. The van der Waals surface area contributed by atoms with Gasteiger partial charge in [0, 0.05) is 11.6 Å². The molecular formula is C20H12ClFN2O2S. The molecule has 0 bridgehead atoms. The number of rotatable bonds is 3. The van der Waals surface area contributed by atoms with Gasteiger partial charge in [0.1, 0.15) is 17.3 Å². The van der Waals surface area contributed by atoms with Crippen LogP contribution < -0.4 is 5.32 Å². The molecule has 7 heteroatoms. The Morgan fingerprint density at radius 3 is 2.63 bits per heavy atom. The lowest BCUT2D eigenvalue weighted by Gasteiger charge is -1.98. The average Bonchev–Trinajstić information content (AvgIpc) is 3.25. The number of carbonyl (C=O) groups is 1. The van der Waals surface area contributed by atoms with Gasteiger partial charge in [0.2, 0.25) is 0 Å². The fourth-order valence-electron chi connectivity index (χ4n) is 2.46. The molecule has 134 valence electrons. The largest absolute Gasteiger partial charge is 0.457 e. The van der Waals surface area contributed by atoms with Gasteiger partial charge >= 0.3 is 0 Å². The van der Waals surface area contributed by atoms with Crippen molar-refractivity contribution in [2.45, 2.75) is 0 Å². The van der Waals surface area contributed by atoms with Gasteiger partial charge in [-0.25, -0.2) is 9.38 Å². The first-order chi connectivity index (χ1) is 13.1. The highest BCUT2D eigenvalue weighted by Gasteiger charge is 2.24. The molecule has 4 rings (SSSR count). The summed E-state index contributed by atoms with van der Waals surface area (Å²) in [5.41, 5.74) is 1.34. The molecule has 0 radical (unpaired) electrons. The van der Waals surface area contributed by atoms with Crippen LogP contribution in [0.5, 0.6) is 0 Å². The summed E-state index contributed by atoms with van der Waals surface area (Å²) in [4.78, 5) is 17.0. The second-order valence-corrected chi connectivity index (χ2v) is 7.08. The maximum atomic E-state index is 13.0. The maximum absolute atomic E-state index is 13.0. The number of hydrogen-bond donors (Lipinski definition) is 1. The highest BCUT2D eigenvalue weighted by Crippen LogP contribution is 2.31. The Hall–Kier alpha value is -2.83. The molecule has 2 heterocycles. The van der Waals surface area contributed by atoms with E-state index in [2.05, 4.69) is 10.3 Å². The number of carbonyl (C=O) groups excluding carboxylic acids is 1. The Morgan fingerprint density at radius 1 is 1.07 bits per heavy atom. The zero-order valence-electron chi connectivity index (χ0n) is 13.8. The molecule has 1 saturated heterocycles. The van der Waals surface area contributed by atoms with E-state index in [1.54, 1.807) is 42.5 Å². The fraction of sp³-hybridized carbons (Fsp3) is 0. The number of halogens is 2. The number of amides is 1. The third-order valence-electron chi connectivity index (χ3n) is 3.75. The number of aliphatic imine (C=N–C) groups is 1. The molecule has 1 aromatic heterocycles. The molecule has 27 heavy (non-hydrogen) atoms. The molecule has 0 saturated carbocycles. The summed E-state index contributed by atoms with van der Waals surface area (Å²) < 4.78 is 18.8. The van der Waals surface area contributed by atoms with Crippen molar-refractivity contribution in [2.24, 2.45) is 4.99 Å². The predicted octanol–water partition coefficient (Wildman–Crippen LogP) is 5.63. The number of nitrogens with zero attached hydrogens (tertiary/aromatic N) is 1. The van der Waals surface area contributed by atoms with E-state index in [4.69, 9.17) is 16.0 Å². The van der Waals surface area contributed by atoms with Crippen LogP contribution in [0.3, 0.4) is 0 Å². The summed E-state index contributed by atoms with van der Waals surface area (Å²) in [6.45, 7) is 0. The number of furan rings is 1. The maximum Gasteiger partial charge on any atom is 0.264 e. The van der Waals surface area contributed by atoms with Crippen LogP contribution in [0.1, 0.15) is 5.76 Å². The molecule has 1 aliphatic heterocycles. The minimum Gasteiger partial charge on any atom is -0.457 e. The van der Waals surface area contributed by atoms with E-state index in [0.717, 1.165) is 5.56 Å². The van der Waals surface area contributed by atoms with Crippen LogP contribution >= 0.6 is 23.4 Å². The predicted molar refractivity (Wildman–Crippen MR) is 106 cm³/mol. The molecule has 1 fully saturated rings. The molecule has 1 aliphatic rings. The zero-order valence-corrected chi connectivity index (χ0v) is 15.4. The molecule has 0 unspecified atom stereocenters. The summed E-state index contributed by atoms with van der Waals surface area (Å²) in [5.74, 6) is 0.545. The van der Waals surface area contributed by atoms with E-state index in [9.17, 15) is 9.18 Å². The van der Waals surface area contributed by atoms with E-state index >= 15 is 0 Å². The lowest BCUT2D eigenvalue weighted by atomic mass is 10.2.